The highest BCUT2D eigenvalue weighted by Crippen LogP contribution is 2.16. The van der Waals surface area contributed by atoms with E-state index in [2.05, 4.69) is 36.3 Å². The maximum absolute atomic E-state index is 4.30. The molecular weight excluding hydrogens is 270 g/mol. The van der Waals surface area contributed by atoms with Gasteiger partial charge in [-0.05, 0) is 22.0 Å². The van der Waals surface area contributed by atoms with Crippen LogP contribution in [0.25, 0.3) is 0 Å². The van der Waals surface area contributed by atoms with E-state index in [0.29, 0.717) is 0 Å². The monoisotopic (exact) mass is 281 g/mol. The van der Waals surface area contributed by atoms with Gasteiger partial charge in [-0.15, -0.1) is 0 Å². The molecule has 5 nitrogen and oxygen atoms in total. The number of nitrogens with zero attached hydrogens (tertiary/aromatic N) is 4. The topological polar surface area (TPSA) is 55.6 Å². The van der Waals surface area contributed by atoms with Crippen LogP contribution in [0, 0.1) is 0 Å². The van der Waals surface area contributed by atoms with Crippen molar-refractivity contribution >= 4 is 21.7 Å². The highest BCUT2D eigenvalue weighted by molar-refractivity contribution is 9.10. The predicted octanol–water partition coefficient (Wildman–Crippen LogP) is 1.63. The van der Waals surface area contributed by atoms with Crippen molar-refractivity contribution < 1.29 is 0 Å². The number of rotatable bonds is 4. The molecule has 2 aromatic rings. The Kier molecular flexibility index (Phi) is 3.51. The largest absolute Gasteiger partial charge is 0.369 e. The van der Waals surface area contributed by atoms with Crippen molar-refractivity contribution in [2.24, 2.45) is 7.05 Å². The quantitative estimate of drug-likeness (QED) is 0.926. The first-order valence-corrected chi connectivity index (χ1v) is 5.73. The minimum atomic E-state index is 0.798. The van der Waals surface area contributed by atoms with Crippen LogP contribution in [0.15, 0.2) is 29.3 Å². The van der Waals surface area contributed by atoms with Gasteiger partial charge < -0.3 is 5.32 Å². The van der Waals surface area contributed by atoms with E-state index in [-0.39, 0.29) is 0 Å². The zero-order chi connectivity index (χ0) is 11.4. The molecule has 0 radical (unpaired) electrons. The number of aryl methyl sites for hydroxylation is 1. The van der Waals surface area contributed by atoms with Crippen LogP contribution in [0.2, 0.25) is 0 Å². The van der Waals surface area contributed by atoms with Gasteiger partial charge in [-0.25, -0.2) is 9.97 Å². The molecule has 2 rings (SSSR count). The zero-order valence-electron chi connectivity index (χ0n) is 8.89. The van der Waals surface area contributed by atoms with Crippen LogP contribution >= 0.6 is 15.9 Å². The highest BCUT2D eigenvalue weighted by Gasteiger charge is 2.00. The average Bonchev–Trinajstić information content (AvgIpc) is 2.67. The van der Waals surface area contributed by atoms with Gasteiger partial charge in [-0.3, -0.25) is 4.68 Å². The summed E-state index contributed by atoms with van der Waals surface area (Å²) in [5.41, 5.74) is 1.07. The Hall–Kier alpha value is -1.43. The summed E-state index contributed by atoms with van der Waals surface area (Å²) in [6, 6.07) is 2.01. The second-order valence-corrected chi connectivity index (χ2v) is 4.23. The van der Waals surface area contributed by atoms with Gasteiger partial charge in [-0.2, -0.15) is 5.10 Å². The number of nitrogens with one attached hydrogen (secondary N) is 1. The fourth-order valence-corrected chi connectivity index (χ4v) is 1.71. The van der Waals surface area contributed by atoms with Gasteiger partial charge in [0.1, 0.15) is 12.1 Å². The van der Waals surface area contributed by atoms with E-state index in [9.17, 15) is 0 Å². The third-order valence-corrected chi connectivity index (χ3v) is 2.69. The summed E-state index contributed by atoms with van der Waals surface area (Å²) in [5.74, 6) is 0.811. The van der Waals surface area contributed by atoms with E-state index in [1.807, 2.05) is 19.3 Å². The molecule has 0 aromatic carbocycles. The molecule has 16 heavy (non-hydrogen) atoms. The van der Waals surface area contributed by atoms with E-state index < -0.39 is 0 Å². The minimum Gasteiger partial charge on any atom is -0.369 e. The summed E-state index contributed by atoms with van der Waals surface area (Å²) in [6.07, 6.45) is 6.05. The van der Waals surface area contributed by atoms with Gasteiger partial charge >= 0.3 is 0 Å². The van der Waals surface area contributed by atoms with Gasteiger partial charge in [0.2, 0.25) is 0 Å². The number of halogens is 1. The smallest absolute Gasteiger partial charge is 0.143 e. The first-order chi connectivity index (χ1) is 7.75. The normalized spacial score (nSPS) is 10.4. The molecule has 0 spiro atoms. The van der Waals surface area contributed by atoms with Gasteiger partial charge in [0.15, 0.2) is 0 Å². The first kappa shape index (κ1) is 11.1. The van der Waals surface area contributed by atoms with E-state index in [1.165, 1.54) is 6.33 Å². The maximum Gasteiger partial charge on any atom is 0.143 e. The molecule has 0 atom stereocenters. The van der Waals surface area contributed by atoms with Gasteiger partial charge in [0.25, 0.3) is 0 Å². The Balaban J connectivity index is 1.87. The van der Waals surface area contributed by atoms with Crippen molar-refractivity contribution in [2.45, 2.75) is 6.42 Å². The molecule has 0 unspecified atom stereocenters. The van der Waals surface area contributed by atoms with Crippen LogP contribution < -0.4 is 5.32 Å². The van der Waals surface area contributed by atoms with E-state index in [0.717, 1.165) is 29.0 Å². The van der Waals surface area contributed by atoms with Crippen molar-refractivity contribution in [1.82, 2.24) is 19.7 Å². The molecule has 0 aliphatic heterocycles. The summed E-state index contributed by atoms with van der Waals surface area (Å²) in [5, 5.41) is 7.52. The molecule has 0 aliphatic carbocycles. The molecule has 6 heteroatoms. The molecule has 2 aromatic heterocycles. The van der Waals surface area contributed by atoms with Gasteiger partial charge in [0, 0.05) is 32.4 Å². The van der Waals surface area contributed by atoms with Gasteiger partial charge in [0.05, 0.1) is 10.2 Å². The molecule has 0 amide bonds. The molecular formula is C10H12BrN5. The Bertz CT molecular complexity index is 468. The van der Waals surface area contributed by atoms with Crippen LogP contribution in [-0.4, -0.2) is 26.3 Å². The predicted molar refractivity (Wildman–Crippen MR) is 65.1 cm³/mol. The Labute approximate surface area is 102 Å². The fourth-order valence-electron chi connectivity index (χ4n) is 1.35. The van der Waals surface area contributed by atoms with Crippen LogP contribution in [0.5, 0.6) is 0 Å². The van der Waals surface area contributed by atoms with Crippen molar-refractivity contribution in [3.63, 3.8) is 0 Å². The Morgan fingerprint density at radius 3 is 3.06 bits per heavy atom. The lowest BCUT2D eigenvalue weighted by Crippen LogP contribution is -2.07. The van der Waals surface area contributed by atoms with Crippen molar-refractivity contribution in [1.29, 1.82) is 0 Å². The standard InChI is InChI=1S/C10H12BrN5/c1-16-5-3-8(15-16)2-4-13-10-9(11)6-12-7-14-10/h3,5-7H,2,4H2,1H3,(H,12,13,14). The average molecular weight is 282 g/mol. The van der Waals surface area contributed by atoms with Crippen molar-refractivity contribution in [2.75, 3.05) is 11.9 Å². The number of hydrogen-bond donors (Lipinski definition) is 1. The fraction of sp³-hybridized carbons (Fsp3) is 0.300. The first-order valence-electron chi connectivity index (χ1n) is 4.93. The molecule has 0 fully saturated rings. The third-order valence-electron chi connectivity index (χ3n) is 2.11. The maximum atomic E-state index is 4.30. The zero-order valence-corrected chi connectivity index (χ0v) is 10.5. The molecule has 0 aliphatic rings. The highest BCUT2D eigenvalue weighted by atomic mass is 79.9. The number of anilines is 1. The van der Waals surface area contributed by atoms with E-state index >= 15 is 0 Å². The lowest BCUT2D eigenvalue weighted by atomic mass is 10.3. The lowest BCUT2D eigenvalue weighted by molar-refractivity contribution is 0.742. The molecule has 1 N–H and O–H groups in total. The lowest BCUT2D eigenvalue weighted by Gasteiger charge is -2.04. The second kappa shape index (κ2) is 5.07. The van der Waals surface area contributed by atoms with E-state index in [1.54, 1.807) is 10.9 Å². The Morgan fingerprint density at radius 1 is 1.50 bits per heavy atom. The number of hydrogen-bond acceptors (Lipinski definition) is 4. The third kappa shape index (κ3) is 2.79. The summed E-state index contributed by atoms with van der Waals surface area (Å²) in [6.45, 7) is 0.798. The Morgan fingerprint density at radius 2 is 2.38 bits per heavy atom. The SMILES string of the molecule is Cn1ccc(CCNc2ncncc2Br)n1. The van der Waals surface area contributed by atoms with Crippen molar-refractivity contribution in [3.8, 4) is 0 Å². The summed E-state index contributed by atoms with van der Waals surface area (Å²) in [4.78, 5) is 8.02. The summed E-state index contributed by atoms with van der Waals surface area (Å²) in [7, 11) is 1.91. The van der Waals surface area contributed by atoms with Crippen molar-refractivity contribution in [3.05, 3.63) is 35.0 Å². The number of aromatic nitrogens is 4. The molecule has 0 saturated heterocycles. The van der Waals surface area contributed by atoms with Crippen LogP contribution in [-0.2, 0) is 13.5 Å². The molecule has 0 bridgehead atoms. The van der Waals surface area contributed by atoms with Crippen LogP contribution in [0.3, 0.4) is 0 Å². The molecule has 2 heterocycles. The molecule has 84 valence electrons. The molecule has 0 saturated carbocycles. The van der Waals surface area contributed by atoms with E-state index in [4.69, 9.17) is 0 Å². The minimum absolute atomic E-state index is 0.798. The summed E-state index contributed by atoms with van der Waals surface area (Å²) < 4.78 is 2.67. The summed E-state index contributed by atoms with van der Waals surface area (Å²) >= 11 is 3.38. The second-order valence-electron chi connectivity index (χ2n) is 3.38. The van der Waals surface area contributed by atoms with Crippen LogP contribution in [0.4, 0.5) is 5.82 Å². The van der Waals surface area contributed by atoms with Gasteiger partial charge in [-0.1, -0.05) is 0 Å². The van der Waals surface area contributed by atoms with Crippen LogP contribution in [0.1, 0.15) is 5.69 Å².